The van der Waals surface area contributed by atoms with Crippen LogP contribution in [0.15, 0.2) is 41.5 Å². The van der Waals surface area contributed by atoms with Gasteiger partial charge in [0.15, 0.2) is 0 Å². The maximum absolute atomic E-state index is 13.0. The topological polar surface area (TPSA) is 84.3 Å². The second-order valence-corrected chi connectivity index (χ2v) is 10.8. The van der Waals surface area contributed by atoms with Gasteiger partial charge in [-0.15, -0.1) is 11.3 Å². The molecule has 2 aromatic heterocycles. The lowest BCUT2D eigenvalue weighted by atomic mass is 9.90. The lowest BCUT2D eigenvalue weighted by Gasteiger charge is -2.32. The molecule has 1 fully saturated rings. The second-order valence-electron chi connectivity index (χ2n) is 9.68. The highest BCUT2D eigenvalue weighted by atomic mass is 32.1. The number of nitrogens with zero attached hydrogens (tertiary/aromatic N) is 3. The van der Waals surface area contributed by atoms with Crippen molar-refractivity contribution in [1.29, 1.82) is 0 Å². The number of aromatic nitrogens is 2. The van der Waals surface area contributed by atoms with Crippen molar-refractivity contribution in [2.75, 3.05) is 19.6 Å². The van der Waals surface area contributed by atoms with Crippen LogP contribution in [-0.2, 0) is 35.4 Å². The van der Waals surface area contributed by atoms with Crippen LogP contribution < -0.4 is 10.9 Å². The number of hydrogen-bond donors (Lipinski definition) is 1. The third-order valence-electron chi connectivity index (χ3n) is 7.25. The fourth-order valence-corrected chi connectivity index (χ4v) is 6.52. The lowest BCUT2D eigenvalue weighted by molar-refractivity contribution is -0.132. The molecule has 0 radical (unpaired) electrons. The average molecular weight is 493 g/mol. The van der Waals surface area contributed by atoms with Gasteiger partial charge in [0.1, 0.15) is 11.4 Å². The van der Waals surface area contributed by atoms with Gasteiger partial charge >= 0.3 is 0 Å². The summed E-state index contributed by atoms with van der Waals surface area (Å²) in [5, 5.41) is 3.49. The number of thiophene rings is 1. The van der Waals surface area contributed by atoms with Gasteiger partial charge in [-0.2, -0.15) is 0 Å². The molecular formula is C27H32N4O3S. The number of carbonyl (C=O) groups excluding carboxylic acids is 2. The number of hydrogen-bond acceptors (Lipinski definition) is 5. The molecule has 2 aliphatic rings. The predicted octanol–water partition coefficient (Wildman–Crippen LogP) is 3.32. The fraction of sp³-hybridized carbons (Fsp3) is 0.481. The molecule has 1 aromatic carbocycles. The monoisotopic (exact) mass is 492 g/mol. The molecule has 184 valence electrons. The molecule has 0 atom stereocenters. The molecule has 3 aromatic rings. The highest BCUT2D eigenvalue weighted by molar-refractivity contribution is 7.18. The van der Waals surface area contributed by atoms with Gasteiger partial charge in [0.2, 0.25) is 11.8 Å². The third kappa shape index (κ3) is 5.48. The van der Waals surface area contributed by atoms with E-state index in [0.29, 0.717) is 11.3 Å². The summed E-state index contributed by atoms with van der Waals surface area (Å²) >= 11 is 1.61. The predicted molar refractivity (Wildman–Crippen MR) is 138 cm³/mol. The van der Waals surface area contributed by atoms with Crippen LogP contribution >= 0.6 is 11.3 Å². The summed E-state index contributed by atoms with van der Waals surface area (Å²) in [6.45, 7) is 1.75. The highest BCUT2D eigenvalue weighted by Gasteiger charge is 2.23. The zero-order valence-corrected chi connectivity index (χ0v) is 20.8. The van der Waals surface area contributed by atoms with E-state index in [0.717, 1.165) is 68.4 Å². The van der Waals surface area contributed by atoms with Crippen molar-refractivity contribution in [2.45, 2.75) is 57.9 Å². The molecule has 2 amide bonds. The summed E-state index contributed by atoms with van der Waals surface area (Å²) in [4.78, 5) is 46.5. The van der Waals surface area contributed by atoms with Crippen LogP contribution in [-0.4, -0.2) is 45.9 Å². The van der Waals surface area contributed by atoms with Gasteiger partial charge in [0.25, 0.3) is 5.56 Å². The van der Waals surface area contributed by atoms with Gasteiger partial charge in [-0.05, 0) is 62.0 Å². The average Bonchev–Trinajstić information content (AvgIpc) is 3.26. The van der Waals surface area contributed by atoms with Gasteiger partial charge in [-0.1, -0.05) is 30.3 Å². The maximum atomic E-state index is 13.0. The number of aryl methyl sites for hydroxylation is 2. The Morgan fingerprint density at radius 2 is 1.86 bits per heavy atom. The van der Waals surface area contributed by atoms with E-state index in [2.05, 4.69) is 34.6 Å². The third-order valence-corrected chi connectivity index (χ3v) is 8.45. The Labute approximate surface area is 209 Å². The number of piperidine rings is 1. The first kappa shape index (κ1) is 23.7. The zero-order chi connectivity index (χ0) is 24.2. The first-order valence-corrected chi connectivity index (χ1v) is 13.5. The molecule has 5 rings (SSSR count). The van der Waals surface area contributed by atoms with Crippen LogP contribution in [0.5, 0.6) is 0 Å². The number of benzene rings is 1. The Bertz CT molecular complexity index is 1260. The van der Waals surface area contributed by atoms with Crippen LogP contribution in [0, 0.1) is 5.92 Å². The minimum atomic E-state index is -0.272. The number of amides is 2. The van der Waals surface area contributed by atoms with Crippen molar-refractivity contribution in [1.82, 2.24) is 19.8 Å². The van der Waals surface area contributed by atoms with E-state index in [1.807, 2.05) is 11.0 Å². The minimum absolute atomic E-state index is 0.0774. The Morgan fingerprint density at radius 1 is 1.09 bits per heavy atom. The van der Waals surface area contributed by atoms with Crippen LogP contribution in [0.4, 0.5) is 0 Å². The molecule has 1 aliphatic heterocycles. The van der Waals surface area contributed by atoms with Crippen molar-refractivity contribution in [3.8, 4) is 0 Å². The van der Waals surface area contributed by atoms with Gasteiger partial charge < -0.3 is 10.2 Å². The van der Waals surface area contributed by atoms with Gasteiger partial charge in [0.05, 0.1) is 11.7 Å². The van der Waals surface area contributed by atoms with Gasteiger partial charge in [-0.25, -0.2) is 4.98 Å². The zero-order valence-electron chi connectivity index (χ0n) is 20.0. The highest BCUT2D eigenvalue weighted by Crippen LogP contribution is 2.33. The van der Waals surface area contributed by atoms with E-state index in [1.165, 1.54) is 21.3 Å². The Hall–Kier alpha value is -3.00. The second kappa shape index (κ2) is 10.7. The summed E-state index contributed by atoms with van der Waals surface area (Å²) in [5.41, 5.74) is 2.34. The fourth-order valence-electron chi connectivity index (χ4n) is 5.31. The summed E-state index contributed by atoms with van der Waals surface area (Å²) in [5.74, 6) is 0.416. The number of carbonyl (C=O) groups is 2. The largest absolute Gasteiger partial charge is 0.354 e. The summed E-state index contributed by atoms with van der Waals surface area (Å²) in [7, 11) is 0. The van der Waals surface area contributed by atoms with Crippen molar-refractivity contribution < 1.29 is 9.59 Å². The number of rotatable bonds is 7. The van der Waals surface area contributed by atoms with Crippen molar-refractivity contribution in [3.63, 3.8) is 0 Å². The smallest absolute Gasteiger partial charge is 0.262 e. The SMILES string of the molecule is O=C(Cn1cnc2sc3c(c2c1=O)CCCC3)NCCC(=O)N1CCC(Cc2ccccc2)CC1. The molecule has 35 heavy (non-hydrogen) atoms. The Morgan fingerprint density at radius 3 is 2.66 bits per heavy atom. The van der Waals surface area contributed by atoms with E-state index >= 15 is 0 Å². The van der Waals surface area contributed by atoms with Crippen LogP contribution in [0.1, 0.15) is 48.1 Å². The Balaban J connectivity index is 1.08. The molecule has 1 aliphatic carbocycles. The summed E-state index contributed by atoms with van der Waals surface area (Å²) < 4.78 is 1.39. The summed E-state index contributed by atoms with van der Waals surface area (Å²) in [6.07, 6.45) is 9.00. The minimum Gasteiger partial charge on any atom is -0.354 e. The molecule has 0 bridgehead atoms. The normalized spacial score (nSPS) is 16.3. The van der Waals surface area contributed by atoms with E-state index in [9.17, 15) is 14.4 Å². The van der Waals surface area contributed by atoms with Crippen LogP contribution in [0.2, 0.25) is 0 Å². The standard InChI is InChI=1S/C27H32N4O3S/c32-23(17-31-18-29-26-25(27(31)34)21-8-4-5-9-22(21)35-26)28-13-10-24(33)30-14-11-20(12-15-30)16-19-6-2-1-3-7-19/h1-3,6-7,18,20H,4-5,8-17H2,(H,28,32). The molecule has 1 saturated heterocycles. The number of likely N-dealkylation sites (tertiary alicyclic amines) is 1. The van der Waals surface area contributed by atoms with E-state index in [-0.39, 0.29) is 36.9 Å². The first-order chi connectivity index (χ1) is 17.1. The van der Waals surface area contributed by atoms with Gasteiger partial charge in [-0.3, -0.25) is 19.0 Å². The molecule has 0 saturated carbocycles. The van der Waals surface area contributed by atoms with Crippen molar-refractivity contribution in [2.24, 2.45) is 5.92 Å². The molecule has 3 heterocycles. The molecule has 1 N–H and O–H groups in total. The van der Waals surface area contributed by atoms with E-state index in [1.54, 1.807) is 11.3 Å². The van der Waals surface area contributed by atoms with E-state index in [4.69, 9.17) is 0 Å². The quantitative estimate of drug-likeness (QED) is 0.548. The molecule has 7 nitrogen and oxygen atoms in total. The van der Waals surface area contributed by atoms with Gasteiger partial charge in [0, 0.05) is 30.9 Å². The summed E-state index contributed by atoms with van der Waals surface area (Å²) in [6, 6.07) is 10.5. The number of nitrogens with one attached hydrogen (secondary N) is 1. The molecule has 8 heteroatoms. The molecule has 0 spiro atoms. The molecular weight excluding hydrogens is 460 g/mol. The van der Waals surface area contributed by atoms with Crippen molar-refractivity contribution >= 4 is 33.4 Å². The molecule has 0 unspecified atom stereocenters. The van der Waals surface area contributed by atoms with Crippen molar-refractivity contribution in [3.05, 3.63) is 63.0 Å². The van der Waals surface area contributed by atoms with Crippen LogP contribution in [0.25, 0.3) is 10.2 Å². The maximum Gasteiger partial charge on any atom is 0.262 e. The first-order valence-electron chi connectivity index (χ1n) is 12.7. The van der Waals surface area contributed by atoms with E-state index < -0.39 is 0 Å². The Kier molecular flexibility index (Phi) is 7.27. The number of fused-ring (bicyclic) bond motifs is 3. The lowest BCUT2D eigenvalue weighted by Crippen LogP contribution is -2.41. The van der Waals surface area contributed by atoms with Crippen LogP contribution in [0.3, 0.4) is 0 Å².